The van der Waals surface area contributed by atoms with Crippen LogP contribution in [-0.4, -0.2) is 29.2 Å². The molecule has 1 amide bonds. The molecule has 5 nitrogen and oxygen atoms in total. The van der Waals surface area contributed by atoms with Crippen LogP contribution in [0.25, 0.3) is 11.3 Å². The molecule has 5 heteroatoms. The van der Waals surface area contributed by atoms with Crippen LogP contribution in [0.1, 0.15) is 47.2 Å². The monoisotopic (exact) mass is 400 g/mol. The molecule has 0 radical (unpaired) electrons. The van der Waals surface area contributed by atoms with E-state index in [2.05, 4.69) is 32.5 Å². The van der Waals surface area contributed by atoms with E-state index in [1.807, 2.05) is 56.3 Å². The molecule has 0 bridgehead atoms. The molecule has 1 N–H and O–H groups in total. The maximum Gasteiger partial charge on any atom is 0.255 e. The van der Waals surface area contributed by atoms with Crippen molar-refractivity contribution in [1.82, 2.24) is 10.2 Å². The SMILES string of the molecule is Cc1cc(C)cc(C(=O)Nc2ccc(-c3ccc(N4CCCCCC4)nn3)cc2)c1. The van der Waals surface area contributed by atoms with Gasteiger partial charge in [0.15, 0.2) is 5.82 Å². The van der Waals surface area contributed by atoms with Crippen LogP contribution < -0.4 is 10.2 Å². The Kier molecular flexibility index (Phi) is 6.07. The molecule has 0 atom stereocenters. The Hall–Kier alpha value is -3.21. The van der Waals surface area contributed by atoms with Crippen molar-refractivity contribution in [3.8, 4) is 11.3 Å². The van der Waals surface area contributed by atoms with Crippen molar-refractivity contribution in [2.75, 3.05) is 23.3 Å². The number of hydrogen-bond donors (Lipinski definition) is 1. The highest BCUT2D eigenvalue weighted by Crippen LogP contribution is 2.22. The summed E-state index contributed by atoms with van der Waals surface area (Å²) in [5.41, 5.74) is 5.41. The van der Waals surface area contributed by atoms with Gasteiger partial charge in [-0.25, -0.2) is 0 Å². The van der Waals surface area contributed by atoms with Crippen LogP contribution in [0.3, 0.4) is 0 Å². The van der Waals surface area contributed by atoms with E-state index in [9.17, 15) is 4.79 Å². The van der Waals surface area contributed by atoms with E-state index in [-0.39, 0.29) is 5.91 Å². The fourth-order valence-corrected chi connectivity index (χ4v) is 3.98. The minimum absolute atomic E-state index is 0.101. The van der Waals surface area contributed by atoms with Crippen molar-refractivity contribution >= 4 is 17.4 Å². The van der Waals surface area contributed by atoms with Gasteiger partial charge in [-0.15, -0.1) is 10.2 Å². The maximum absolute atomic E-state index is 12.5. The second kappa shape index (κ2) is 9.08. The predicted molar refractivity (Wildman–Crippen MR) is 122 cm³/mol. The van der Waals surface area contributed by atoms with Gasteiger partial charge in [-0.05, 0) is 63.1 Å². The van der Waals surface area contributed by atoms with Gasteiger partial charge < -0.3 is 10.2 Å². The van der Waals surface area contributed by atoms with E-state index >= 15 is 0 Å². The standard InChI is InChI=1S/C25H28N4O/c1-18-15-19(2)17-21(16-18)25(30)26-22-9-7-20(8-10-22)23-11-12-24(28-27-23)29-13-5-3-4-6-14-29/h7-12,15-17H,3-6,13-14H2,1-2H3,(H,26,30). The molecule has 0 aliphatic carbocycles. The number of carbonyl (C=O) groups is 1. The van der Waals surface area contributed by atoms with Gasteiger partial charge >= 0.3 is 0 Å². The molecule has 1 aliphatic rings. The molecule has 1 aromatic heterocycles. The Balaban J connectivity index is 1.43. The van der Waals surface area contributed by atoms with Gasteiger partial charge in [0, 0.05) is 29.9 Å². The second-order valence-electron chi connectivity index (χ2n) is 8.09. The molecule has 0 saturated carbocycles. The lowest BCUT2D eigenvalue weighted by molar-refractivity contribution is 0.102. The quantitative estimate of drug-likeness (QED) is 0.638. The largest absolute Gasteiger partial charge is 0.355 e. The van der Waals surface area contributed by atoms with Crippen molar-refractivity contribution < 1.29 is 4.79 Å². The fraction of sp³-hybridized carbons (Fsp3) is 0.320. The predicted octanol–water partition coefficient (Wildman–Crippen LogP) is 5.39. The van der Waals surface area contributed by atoms with Crippen LogP contribution in [0.4, 0.5) is 11.5 Å². The van der Waals surface area contributed by atoms with Crippen molar-refractivity contribution in [3.05, 3.63) is 71.3 Å². The number of aromatic nitrogens is 2. The van der Waals surface area contributed by atoms with Gasteiger partial charge in [0.25, 0.3) is 5.91 Å². The Morgan fingerprint density at radius 2 is 1.50 bits per heavy atom. The molecule has 3 aromatic rings. The average Bonchev–Trinajstić information content (AvgIpc) is 3.03. The van der Waals surface area contributed by atoms with Gasteiger partial charge in [-0.3, -0.25) is 4.79 Å². The molecule has 2 aromatic carbocycles. The van der Waals surface area contributed by atoms with E-state index in [1.54, 1.807) is 0 Å². The molecular weight excluding hydrogens is 372 g/mol. The van der Waals surface area contributed by atoms with E-state index in [1.165, 1.54) is 25.7 Å². The lowest BCUT2D eigenvalue weighted by atomic mass is 10.1. The smallest absolute Gasteiger partial charge is 0.255 e. The zero-order valence-corrected chi connectivity index (χ0v) is 17.7. The molecule has 0 spiro atoms. The van der Waals surface area contributed by atoms with Gasteiger partial charge in [0.05, 0.1) is 5.69 Å². The number of anilines is 2. The summed E-state index contributed by atoms with van der Waals surface area (Å²) in [4.78, 5) is 14.9. The number of aryl methyl sites for hydroxylation is 2. The third-order valence-electron chi connectivity index (χ3n) is 5.50. The Morgan fingerprint density at radius 3 is 2.10 bits per heavy atom. The van der Waals surface area contributed by atoms with Gasteiger partial charge in [-0.1, -0.05) is 42.2 Å². The van der Waals surface area contributed by atoms with Crippen molar-refractivity contribution in [2.45, 2.75) is 39.5 Å². The molecular formula is C25H28N4O. The number of hydrogen-bond acceptors (Lipinski definition) is 4. The van der Waals surface area contributed by atoms with Crippen molar-refractivity contribution in [2.24, 2.45) is 0 Å². The first-order valence-corrected chi connectivity index (χ1v) is 10.7. The first-order chi connectivity index (χ1) is 14.6. The molecule has 0 unspecified atom stereocenters. The lowest BCUT2D eigenvalue weighted by Crippen LogP contribution is -2.25. The van der Waals surface area contributed by atoms with Crippen LogP contribution in [0.5, 0.6) is 0 Å². The third kappa shape index (κ3) is 4.85. The topological polar surface area (TPSA) is 58.1 Å². The summed E-state index contributed by atoms with van der Waals surface area (Å²) < 4.78 is 0. The van der Waals surface area contributed by atoms with E-state index < -0.39 is 0 Å². The van der Waals surface area contributed by atoms with Gasteiger partial charge in [0.1, 0.15) is 0 Å². The Bertz CT molecular complexity index is 984. The maximum atomic E-state index is 12.5. The Labute approximate surface area is 178 Å². The first kappa shape index (κ1) is 20.1. The van der Waals surface area contributed by atoms with E-state index in [0.29, 0.717) is 5.56 Å². The van der Waals surface area contributed by atoms with E-state index in [0.717, 1.165) is 47.0 Å². The zero-order valence-electron chi connectivity index (χ0n) is 17.7. The fourth-order valence-electron chi connectivity index (χ4n) is 3.98. The van der Waals surface area contributed by atoms with Gasteiger partial charge in [-0.2, -0.15) is 0 Å². The number of rotatable bonds is 4. The molecule has 1 aliphatic heterocycles. The third-order valence-corrected chi connectivity index (χ3v) is 5.50. The lowest BCUT2D eigenvalue weighted by Gasteiger charge is -2.20. The molecule has 1 fully saturated rings. The number of benzene rings is 2. The number of nitrogens with one attached hydrogen (secondary N) is 1. The van der Waals surface area contributed by atoms with Crippen LogP contribution in [0.2, 0.25) is 0 Å². The molecule has 1 saturated heterocycles. The summed E-state index contributed by atoms with van der Waals surface area (Å²) in [7, 11) is 0. The number of carbonyl (C=O) groups excluding carboxylic acids is 1. The second-order valence-corrected chi connectivity index (χ2v) is 8.09. The van der Waals surface area contributed by atoms with Gasteiger partial charge in [0.2, 0.25) is 0 Å². The van der Waals surface area contributed by atoms with Crippen molar-refractivity contribution in [1.29, 1.82) is 0 Å². The molecule has 2 heterocycles. The van der Waals surface area contributed by atoms with Crippen molar-refractivity contribution in [3.63, 3.8) is 0 Å². The minimum atomic E-state index is -0.101. The summed E-state index contributed by atoms with van der Waals surface area (Å²) in [6, 6.07) is 17.7. The minimum Gasteiger partial charge on any atom is -0.355 e. The number of nitrogens with zero attached hydrogens (tertiary/aromatic N) is 3. The van der Waals surface area contributed by atoms with Crippen LogP contribution in [0.15, 0.2) is 54.6 Å². The highest BCUT2D eigenvalue weighted by Gasteiger charge is 2.12. The number of amides is 1. The highest BCUT2D eigenvalue weighted by atomic mass is 16.1. The summed E-state index contributed by atoms with van der Waals surface area (Å²) in [5, 5.41) is 11.9. The van der Waals surface area contributed by atoms with E-state index in [4.69, 9.17) is 0 Å². The molecule has 4 rings (SSSR count). The summed E-state index contributed by atoms with van der Waals surface area (Å²) in [6.07, 6.45) is 5.04. The Morgan fingerprint density at radius 1 is 0.833 bits per heavy atom. The summed E-state index contributed by atoms with van der Waals surface area (Å²) >= 11 is 0. The van der Waals surface area contributed by atoms with Crippen LogP contribution in [-0.2, 0) is 0 Å². The van der Waals surface area contributed by atoms with Crippen LogP contribution >= 0.6 is 0 Å². The highest BCUT2D eigenvalue weighted by molar-refractivity contribution is 6.04. The normalized spacial score (nSPS) is 14.3. The zero-order chi connectivity index (χ0) is 20.9. The average molecular weight is 401 g/mol. The van der Waals surface area contributed by atoms with Crippen LogP contribution in [0, 0.1) is 13.8 Å². The summed E-state index contributed by atoms with van der Waals surface area (Å²) in [6.45, 7) is 6.11. The summed E-state index contributed by atoms with van der Waals surface area (Å²) in [5.74, 6) is 0.856. The molecule has 154 valence electrons. The first-order valence-electron chi connectivity index (χ1n) is 10.7. The molecule has 30 heavy (non-hydrogen) atoms.